The minimum Gasteiger partial charge on any atom is -0.488 e. The molecule has 4 aromatic rings. The maximum atomic E-state index is 6.11. The number of benzene rings is 3. The summed E-state index contributed by atoms with van der Waals surface area (Å²) >= 11 is 7.61. The van der Waals surface area contributed by atoms with Crippen LogP contribution in [0, 0.1) is 6.92 Å². The molecule has 0 saturated carbocycles. The third-order valence-corrected chi connectivity index (χ3v) is 6.42. The molecule has 174 valence electrons. The molecule has 1 aromatic heterocycles. The van der Waals surface area contributed by atoms with E-state index in [0.29, 0.717) is 6.61 Å². The second-order valence-corrected chi connectivity index (χ2v) is 9.31. The lowest BCUT2D eigenvalue weighted by Gasteiger charge is -2.10. The second-order valence-electron chi connectivity index (χ2n) is 7.93. The zero-order valence-electron chi connectivity index (χ0n) is 19.3. The molecule has 0 unspecified atom stereocenters. The first-order chi connectivity index (χ1) is 16.6. The monoisotopic (exact) mass is 490 g/mol. The van der Waals surface area contributed by atoms with Gasteiger partial charge in [-0.25, -0.2) is 0 Å². The van der Waals surface area contributed by atoms with Gasteiger partial charge in [-0.2, -0.15) is 9.78 Å². The van der Waals surface area contributed by atoms with Gasteiger partial charge in [-0.1, -0.05) is 84.4 Å². The normalized spacial score (nSPS) is 11.3. The zero-order valence-corrected chi connectivity index (χ0v) is 20.9. The molecule has 4 rings (SSSR count). The molecule has 1 heterocycles. The number of rotatable bonds is 10. The number of hydrogen-bond donors (Lipinski definition) is 0. The number of aryl methyl sites for hydroxylation is 2. The van der Waals surface area contributed by atoms with Gasteiger partial charge in [0.2, 0.25) is 5.16 Å². The van der Waals surface area contributed by atoms with Crippen molar-refractivity contribution in [3.8, 4) is 5.75 Å². The van der Waals surface area contributed by atoms with Gasteiger partial charge in [0.15, 0.2) is 5.82 Å². The number of ether oxygens (including phenoxy) is 1. The zero-order chi connectivity index (χ0) is 23.8. The molecule has 0 N–H and O–H groups in total. The molecule has 5 nitrogen and oxygen atoms in total. The predicted octanol–water partition coefficient (Wildman–Crippen LogP) is 6.95. The quantitative estimate of drug-likeness (QED) is 0.178. The van der Waals surface area contributed by atoms with Crippen LogP contribution in [0.1, 0.15) is 41.4 Å². The Bertz CT molecular complexity index is 1240. The highest BCUT2D eigenvalue weighted by Crippen LogP contribution is 2.24. The van der Waals surface area contributed by atoms with Crippen LogP contribution in [-0.4, -0.2) is 21.1 Å². The molecule has 7 heteroatoms. The van der Waals surface area contributed by atoms with Gasteiger partial charge in [-0.3, -0.25) is 0 Å². The van der Waals surface area contributed by atoms with Crippen LogP contribution < -0.4 is 4.74 Å². The fourth-order valence-electron chi connectivity index (χ4n) is 3.29. The summed E-state index contributed by atoms with van der Waals surface area (Å²) in [6, 6.07) is 24.1. The third kappa shape index (κ3) is 6.49. The van der Waals surface area contributed by atoms with Crippen molar-refractivity contribution in [2.24, 2.45) is 5.10 Å². The Morgan fingerprint density at radius 1 is 0.971 bits per heavy atom. The van der Waals surface area contributed by atoms with Crippen molar-refractivity contribution in [2.45, 2.75) is 44.2 Å². The summed E-state index contributed by atoms with van der Waals surface area (Å²) in [6.07, 6.45) is 3.59. The lowest BCUT2D eigenvalue weighted by Crippen LogP contribution is -2.02. The van der Waals surface area contributed by atoms with E-state index in [4.69, 9.17) is 21.4 Å². The van der Waals surface area contributed by atoms with Crippen molar-refractivity contribution >= 4 is 29.6 Å². The summed E-state index contributed by atoms with van der Waals surface area (Å²) in [5, 5.41) is 15.0. The van der Waals surface area contributed by atoms with Crippen LogP contribution in [0.3, 0.4) is 0 Å². The van der Waals surface area contributed by atoms with Crippen molar-refractivity contribution in [1.29, 1.82) is 0 Å². The van der Waals surface area contributed by atoms with Crippen molar-refractivity contribution in [1.82, 2.24) is 14.9 Å². The first-order valence-electron chi connectivity index (χ1n) is 11.3. The Morgan fingerprint density at radius 3 is 2.47 bits per heavy atom. The Labute approximate surface area is 209 Å². The van der Waals surface area contributed by atoms with E-state index < -0.39 is 0 Å². The molecular weight excluding hydrogens is 464 g/mol. The van der Waals surface area contributed by atoms with Gasteiger partial charge in [0, 0.05) is 22.8 Å². The number of para-hydroxylation sites is 1. The van der Waals surface area contributed by atoms with E-state index in [0.717, 1.165) is 51.5 Å². The smallest absolute Gasteiger partial charge is 0.212 e. The number of thioether (sulfide) groups is 1. The molecule has 0 radical (unpaired) electrons. The number of halogens is 1. The highest BCUT2D eigenvalue weighted by Gasteiger charge is 2.12. The fraction of sp³-hybridized carbons (Fsp3) is 0.222. The summed E-state index contributed by atoms with van der Waals surface area (Å²) in [5.41, 5.74) is 4.43. The summed E-state index contributed by atoms with van der Waals surface area (Å²) in [4.78, 5) is 0. The first-order valence-corrected chi connectivity index (χ1v) is 12.6. The van der Waals surface area contributed by atoms with Crippen molar-refractivity contribution in [3.05, 3.63) is 106 Å². The molecule has 0 aliphatic carbocycles. The molecule has 0 fully saturated rings. The van der Waals surface area contributed by atoms with Crippen LogP contribution in [0.5, 0.6) is 5.75 Å². The maximum Gasteiger partial charge on any atom is 0.212 e. The van der Waals surface area contributed by atoms with E-state index in [1.54, 1.807) is 11.8 Å². The highest BCUT2D eigenvalue weighted by atomic mass is 35.5. The van der Waals surface area contributed by atoms with E-state index in [1.807, 2.05) is 59.4 Å². The minimum atomic E-state index is 0.501. The molecule has 0 aliphatic rings. The van der Waals surface area contributed by atoms with E-state index in [9.17, 15) is 0 Å². The topological polar surface area (TPSA) is 52.3 Å². The average molecular weight is 491 g/mol. The predicted molar refractivity (Wildman–Crippen MR) is 140 cm³/mol. The molecule has 0 spiro atoms. The van der Waals surface area contributed by atoms with E-state index in [2.05, 4.69) is 48.3 Å². The molecular formula is C27H27ClN4OS. The van der Waals surface area contributed by atoms with Crippen LogP contribution >= 0.6 is 23.4 Å². The van der Waals surface area contributed by atoms with Gasteiger partial charge in [-0.15, -0.1) is 10.2 Å². The summed E-state index contributed by atoms with van der Waals surface area (Å²) in [6.45, 7) is 4.70. The Kier molecular flexibility index (Phi) is 8.39. The van der Waals surface area contributed by atoms with Crippen molar-refractivity contribution < 1.29 is 4.74 Å². The molecule has 0 aliphatic heterocycles. The van der Waals surface area contributed by atoms with Gasteiger partial charge < -0.3 is 4.74 Å². The average Bonchev–Trinajstić information content (AvgIpc) is 3.24. The van der Waals surface area contributed by atoms with Crippen molar-refractivity contribution in [2.75, 3.05) is 0 Å². The Hall–Kier alpha value is -3.09. The lowest BCUT2D eigenvalue weighted by molar-refractivity contribution is 0.306. The van der Waals surface area contributed by atoms with Crippen LogP contribution in [0.2, 0.25) is 5.02 Å². The van der Waals surface area contributed by atoms with E-state index in [-0.39, 0.29) is 0 Å². The standard InChI is InChI=1S/C27H27ClN4OS/c1-3-6-26-30-31-27(34-19-22-13-15-24(28)16-14-22)32(26)29-17-23-7-4-5-8-25(23)33-18-21-11-9-20(2)10-12-21/h4-5,7-17H,3,6,18-19H2,1-2H3/b29-17+. The van der Waals surface area contributed by atoms with Crippen LogP contribution in [0.15, 0.2) is 83.1 Å². The SMILES string of the molecule is CCCc1nnc(SCc2ccc(Cl)cc2)n1/N=C/c1ccccc1OCc1ccc(C)cc1. The lowest BCUT2D eigenvalue weighted by atomic mass is 10.1. The number of nitrogens with zero attached hydrogens (tertiary/aromatic N) is 4. The van der Waals surface area contributed by atoms with Gasteiger partial charge in [-0.05, 0) is 48.7 Å². The first kappa shape index (κ1) is 24.0. The summed E-state index contributed by atoms with van der Waals surface area (Å²) < 4.78 is 7.94. The third-order valence-electron chi connectivity index (χ3n) is 5.18. The summed E-state index contributed by atoms with van der Waals surface area (Å²) in [5.74, 6) is 2.38. The minimum absolute atomic E-state index is 0.501. The maximum absolute atomic E-state index is 6.11. The molecule has 0 amide bonds. The van der Waals surface area contributed by atoms with Crippen LogP contribution in [-0.2, 0) is 18.8 Å². The Balaban J connectivity index is 1.51. The van der Waals surface area contributed by atoms with Crippen molar-refractivity contribution in [3.63, 3.8) is 0 Å². The summed E-state index contributed by atoms with van der Waals surface area (Å²) in [7, 11) is 0. The molecule has 0 saturated heterocycles. The number of hydrogen-bond acceptors (Lipinski definition) is 5. The van der Waals surface area contributed by atoms with Gasteiger partial charge in [0.1, 0.15) is 12.4 Å². The highest BCUT2D eigenvalue weighted by molar-refractivity contribution is 7.98. The Morgan fingerprint density at radius 2 is 1.71 bits per heavy atom. The van der Waals surface area contributed by atoms with Gasteiger partial charge >= 0.3 is 0 Å². The van der Waals surface area contributed by atoms with Crippen LogP contribution in [0.4, 0.5) is 0 Å². The van der Waals surface area contributed by atoms with Crippen LogP contribution in [0.25, 0.3) is 0 Å². The van der Waals surface area contributed by atoms with E-state index in [1.165, 1.54) is 11.1 Å². The molecule has 3 aromatic carbocycles. The number of aromatic nitrogens is 3. The van der Waals surface area contributed by atoms with Gasteiger partial charge in [0.05, 0.1) is 6.21 Å². The second kappa shape index (κ2) is 11.9. The van der Waals surface area contributed by atoms with E-state index >= 15 is 0 Å². The molecule has 0 atom stereocenters. The molecule has 34 heavy (non-hydrogen) atoms. The largest absolute Gasteiger partial charge is 0.488 e. The molecule has 0 bridgehead atoms. The fourth-order valence-corrected chi connectivity index (χ4v) is 4.28. The van der Waals surface area contributed by atoms with Gasteiger partial charge in [0.25, 0.3) is 0 Å².